The number of H-pyrrole nitrogens is 1. The molecule has 0 unspecified atom stereocenters. The zero-order chi connectivity index (χ0) is 13.8. The molecule has 6 nitrogen and oxygen atoms in total. The Kier molecular flexibility index (Phi) is 3.89. The first-order valence-corrected chi connectivity index (χ1v) is 7.16. The van der Waals surface area contributed by atoms with Crippen LogP contribution in [0, 0.1) is 0 Å². The molecule has 0 aromatic carbocycles. The monoisotopic (exact) mass is 286 g/mol. The van der Waals surface area contributed by atoms with Crippen LogP contribution in [0.1, 0.15) is 12.5 Å². The third-order valence-corrected chi connectivity index (χ3v) is 3.72. The Bertz CT molecular complexity index is 693. The molecule has 3 rings (SSSR count). The summed E-state index contributed by atoms with van der Waals surface area (Å²) in [5.41, 5.74) is 2.69. The van der Waals surface area contributed by atoms with Crippen molar-refractivity contribution in [3.63, 3.8) is 0 Å². The molecule has 0 aliphatic carbocycles. The Morgan fingerprint density at radius 2 is 2.15 bits per heavy atom. The van der Waals surface area contributed by atoms with E-state index >= 15 is 0 Å². The first-order chi connectivity index (χ1) is 9.86. The van der Waals surface area contributed by atoms with Gasteiger partial charge >= 0.3 is 0 Å². The number of imidazole rings is 1. The molecule has 0 aliphatic rings. The van der Waals surface area contributed by atoms with Crippen LogP contribution in [0.4, 0.5) is 0 Å². The van der Waals surface area contributed by atoms with Crippen molar-refractivity contribution in [2.24, 2.45) is 0 Å². The van der Waals surface area contributed by atoms with E-state index in [4.69, 9.17) is 0 Å². The fraction of sp³-hybridized carbons (Fsp3) is 0.231. The highest BCUT2D eigenvalue weighted by atomic mass is 32.2. The van der Waals surface area contributed by atoms with Gasteiger partial charge in [-0.05, 0) is 29.9 Å². The first kappa shape index (κ1) is 13.0. The lowest BCUT2D eigenvalue weighted by Gasteiger charge is -2.04. The topological polar surface area (TPSA) is 79.4 Å². The van der Waals surface area contributed by atoms with E-state index in [2.05, 4.69) is 43.2 Å². The summed E-state index contributed by atoms with van der Waals surface area (Å²) < 4.78 is 0. The van der Waals surface area contributed by atoms with Crippen LogP contribution in [0.15, 0.2) is 41.0 Å². The average Bonchev–Trinajstić information content (AvgIpc) is 2.96. The molecule has 0 radical (unpaired) electrons. The van der Waals surface area contributed by atoms with Crippen LogP contribution in [-0.2, 0) is 6.54 Å². The van der Waals surface area contributed by atoms with E-state index in [0.717, 1.165) is 28.7 Å². The van der Waals surface area contributed by atoms with Crippen LogP contribution in [0.25, 0.3) is 11.2 Å². The minimum atomic E-state index is 0.672. The molecular formula is C13H14N6S. The summed E-state index contributed by atoms with van der Waals surface area (Å²) in [7, 11) is 0. The van der Waals surface area contributed by atoms with E-state index in [9.17, 15) is 0 Å². The number of fused-ring (bicyclic) bond motifs is 1. The van der Waals surface area contributed by atoms with Gasteiger partial charge in [0.1, 0.15) is 21.9 Å². The van der Waals surface area contributed by atoms with Gasteiger partial charge in [0.2, 0.25) is 0 Å². The van der Waals surface area contributed by atoms with Crippen LogP contribution in [0.2, 0.25) is 0 Å². The molecule has 0 amide bonds. The fourth-order valence-electron chi connectivity index (χ4n) is 1.76. The number of pyridine rings is 1. The molecule has 0 saturated heterocycles. The predicted molar refractivity (Wildman–Crippen MR) is 77.4 cm³/mol. The second kappa shape index (κ2) is 5.98. The normalized spacial score (nSPS) is 11.1. The van der Waals surface area contributed by atoms with Crippen LogP contribution in [0.5, 0.6) is 0 Å². The third kappa shape index (κ3) is 2.78. The van der Waals surface area contributed by atoms with E-state index in [-0.39, 0.29) is 0 Å². The quantitative estimate of drug-likeness (QED) is 0.698. The van der Waals surface area contributed by atoms with Gasteiger partial charge in [0, 0.05) is 12.7 Å². The maximum absolute atomic E-state index is 4.45. The van der Waals surface area contributed by atoms with Gasteiger partial charge in [-0.3, -0.25) is 0 Å². The van der Waals surface area contributed by atoms with E-state index < -0.39 is 0 Å². The molecular weight excluding hydrogens is 272 g/mol. The molecule has 0 spiro atoms. The number of hydrogen-bond acceptors (Lipinski definition) is 6. The van der Waals surface area contributed by atoms with Gasteiger partial charge in [-0.2, -0.15) is 0 Å². The van der Waals surface area contributed by atoms with E-state index in [1.807, 2.05) is 12.3 Å². The largest absolute Gasteiger partial charge is 0.341 e. The van der Waals surface area contributed by atoms with Crippen LogP contribution in [0.3, 0.4) is 0 Å². The summed E-state index contributed by atoms with van der Waals surface area (Å²) in [5.74, 6) is 0. The molecule has 0 saturated carbocycles. The van der Waals surface area contributed by atoms with Crippen molar-refractivity contribution in [3.8, 4) is 0 Å². The minimum Gasteiger partial charge on any atom is -0.341 e. The number of nitrogens with one attached hydrogen (secondary N) is 2. The Morgan fingerprint density at radius 1 is 1.20 bits per heavy atom. The lowest BCUT2D eigenvalue weighted by Crippen LogP contribution is -2.11. The molecule has 0 bridgehead atoms. The second-order valence-electron chi connectivity index (χ2n) is 4.17. The molecule has 20 heavy (non-hydrogen) atoms. The van der Waals surface area contributed by atoms with Crippen molar-refractivity contribution in [2.45, 2.75) is 23.5 Å². The number of aromatic nitrogens is 5. The highest BCUT2D eigenvalue weighted by molar-refractivity contribution is 7.99. The number of hydrogen-bond donors (Lipinski definition) is 2. The minimum absolute atomic E-state index is 0.672. The molecule has 0 fully saturated rings. The summed E-state index contributed by atoms with van der Waals surface area (Å²) in [4.78, 5) is 20.0. The molecule has 3 heterocycles. The highest BCUT2D eigenvalue weighted by Gasteiger charge is 2.08. The lowest BCUT2D eigenvalue weighted by molar-refractivity contribution is 0.723. The maximum atomic E-state index is 4.45. The maximum Gasteiger partial charge on any atom is 0.181 e. The Labute approximate surface area is 120 Å². The SMILES string of the molecule is CCNCc1ccc(Sc2ncnc3nc[nH]c23)nc1. The smallest absolute Gasteiger partial charge is 0.181 e. The average molecular weight is 286 g/mol. The Balaban J connectivity index is 1.79. The zero-order valence-corrected chi connectivity index (χ0v) is 11.8. The number of aromatic amines is 1. The highest BCUT2D eigenvalue weighted by Crippen LogP contribution is 2.27. The van der Waals surface area contributed by atoms with Gasteiger partial charge in [-0.15, -0.1) is 0 Å². The Morgan fingerprint density at radius 3 is 2.95 bits per heavy atom. The van der Waals surface area contributed by atoms with Crippen molar-refractivity contribution in [2.75, 3.05) is 6.54 Å². The van der Waals surface area contributed by atoms with Crippen molar-refractivity contribution >= 4 is 22.9 Å². The van der Waals surface area contributed by atoms with E-state index in [0.29, 0.717) is 5.65 Å². The summed E-state index contributed by atoms with van der Waals surface area (Å²) >= 11 is 1.50. The predicted octanol–water partition coefficient (Wildman–Crippen LogP) is 2.01. The molecule has 3 aromatic rings. The summed E-state index contributed by atoms with van der Waals surface area (Å²) in [6, 6.07) is 4.07. The van der Waals surface area contributed by atoms with Crippen LogP contribution < -0.4 is 5.32 Å². The van der Waals surface area contributed by atoms with E-state index in [1.165, 1.54) is 23.7 Å². The molecule has 3 aromatic heterocycles. The number of nitrogens with zero attached hydrogens (tertiary/aromatic N) is 4. The molecule has 7 heteroatoms. The van der Waals surface area contributed by atoms with Crippen molar-refractivity contribution in [1.82, 2.24) is 30.2 Å². The Hall–Kier alpha value is -1.99. The zero-order valence-electron chi connectivity index (χ0n) is 11.0. The summed E-state index contributed by atoms with van der Waals surface area (Å²) in [5, 5.41) is 5.01. The van der Waals surface area contributed by atoms with E-state index in [1.54, 1.807) is 6.33 Å². The summed E-state index contributed by atoms with van der Waals surface area (Å²) in [6.07, 6.45) is 5.03. The van der Waals surface area contributed by atoms with Crippen molar-refractivity contribution in [1.29, 1.82) is 0 Å². The van der Waals surface area contributed by atoms with Gasteiger partial charge in [0.05, 0.1) is 6.33 Å². The standard InChI is InChI=1S/C13H14N6S/c1-2-14-5-9-3-4-10(15-6-9)20-13-11-12(17-7-16-11)18-8-19-13/h3-4,6-8,14H,2,5H2,1H3,(H,16,17,18,19). The number of rotatable bonds is 5. The van der Waals surface area contributed by atoms with Gasteiger partial charge in [0.15, 0.2) is 5.65 Å². The molecule has 2 N–H and O–H groups in total. The van der Waals surface area contributed by atoms with Gasteiger partial charge < -0.3 is 10.3 Å². The van der Waals surface area contributed by atoms with Gasteiger partial charge in [-0.1, -0.05) is 13.0 Å². The molecule has 102 valence electrons. The summed E-state index contributed by atoms with van der Waals surface area (Å²) in [6.45, 7) is 3.88. The lowest BCUT2D eigenvalue weighted by atomic mass is 10.3. The van der Waals surface area contributed by atoms with Gasteiger partial charge in [-0.25, -0.2) is 19.9 Å². The molecule has 0 atom stereocenters. The van der Waals surface area contributed by atoms with Crippen molar-refractivity contribution in [3.05, 3.63) is 36.5 Å². The van der Waals surface area contributed by atoms with Crippen LogP contribution >= 0.6 is 11.8 Å². The third-order valence-electron chi connectivity index (χ3n) is 2.77. The molecule has 0 aliphatic heterocycles. The van der Waals surface area contributed by atoms with Gasteiger partial charge in [0.25, 0.3) is 0 Å². The van der Waals surface area contributed by atoms with Crippen molar-refractivity contribution < 1.29 is 0 Å². The fourth-order valence-corrected chi connectivity index (χ4v) is 2.56. The van der Waals surface area contributed by atoms with Crippen LogP contribution in [-0.4, -0.2) is 31.5 Å². The first-order valence-electron chi connectivity index (χ1n) is 6.34. The second-order valence-corrected chi connectivity index (χ2v) is 5.18.